The van der Waals surface area contributed by atoms with Crippen LogP contribution in [-0.2, 0) is 17.2 Å². The van der Waals surface area contributed by atoms with Gasteiger partial charge in [-0.25, -0.2) is 4.98 Å². The van der Waals surface area contributed by atoms with E-state index in [1.807, 2.05) is 6.07 Å². The molecule has 1 saturated heterocycles. The number of benzene rings is 1. The standard InChI is InChI=1S/C23H28F5N3O2S2/c24-35(25,26,27,28)18-4-2-16(3-5-18)17-6-11-31(12-7-17)21-14-20(30-23(15-32)9-1-10-23)22-19(29-21)8-13-34(22)33/h2-5,14,17,32H,1,6-13,15H2,(H,29,30)/t34-/m1/s1. The number of rotatable bonds is 6. The van der Waals surface area contributed by atoms with Crippen LogP contribution in [0.15, 0.2) is 40.1 Å². The third kappa shape index (κ3) is 4.89. The van der Waals surface area contributed by atoms with Crippen molar-refractivity contribution in [3.63, 3.8) is 0 Å². The second-order valence-electron chi connectivity index (χ2n) is 9.82. The lowest BCUT2D eigenvalue weighted by Gasteiger charge is -2.42. The number of aromatic nitrogens is 1. The number of hydrogen-bond donors (Lipinski definition) is 2. The molecule has 1 aliphatic carbocycles. The molecule has 5 nitrogen and oxygen atoms in total. The number of hydrogen-bond acceptors (Lipinski definition) is 5. The van der Waals surface area contributed by atoms with Gasteiger partial charge < -0.3 is 15.3 Å². The van der Waals surface area contributed by atoms with Gasteiger partial charge in [0.15, 0.2) is 0 Å². The van der Waals surface area contributed by atoms with Gasteiger partial charge in [0, 0.05) is 31.3 Å². The van der Waals surface area contributed by atoms with Crippen LogP contribution in [0.25, 0.3) is 0 Å². The summed E-state index contributed by atoms with van der Waals surface area (Å²) >= 11 is 0. The summed E-state index contributed by atoms with van der Waals surface area (Å²) in [5, 5.41) is 13.3. The average Bonchev–Trinajstić information content (AvgIpc) is 3.16. The van der Waals surface area contributed by atoms with Crippen molar-refractivity contribution < 1.29 is 28.7 Å². The zero-order valence-electron chi connectivity index (χ0n) is 19.0. The summed E-state index contributed by atoms with van der Waals surface area (Å²) in [5.41, 5.74) is 1.77. The van der Waals surface area contributed by atoms with Crippen molar-refractivity contribution >= 4 is 32.5 Å². The van der Waals surface area contributed by atoms with Gasteiger partial charge in [-0.3, -0.25) is 4.21 Å². The molecule has 0 unspecified atom stereocenters. The smallest absolute Gasteiger partial charge is 0.310 e. The van der Waals surface area contributed by atoms with Crippen LogP contribution in [0.1, 0.15) is 49.3 Å². The number of fused-ring (bicyclic) bond motifs is 1. The minimum Gasteiger partial charge on any atom is -0.394 e. The predicted molar refractivity (Wildman–Crippen MR) is 129 cm³/mol. The molecule has 0 amide bonds. The molecule has 0 spiro atoms. The molecule has 2 fully saturated rings. The van der Waals surface area contributed by atoms with Crippen LogP contribution in [0.4, 0.5) is 30.9 Å². The van der Waals surface area contributed by atoms with E-state index < -0.39 is 31.5 Å². The fourth-order valence-corrected chi connectivity index (χ4v) is 7.19. The molecular formula is C23H28F5N3O2S2. The lowest BCUT2D eigenvalue weighted by Crippen LogP contribution is -2.48. The quantitative estimate of drug-likeness (QED) is 0.435. The topological polar surface area (TPSA) is 65.5 Å². The van der Waals surface area contributed by atoms with E-state index in [4.69, 9.17) is 4.98 Å². The van der Waals surface area contributed by atoms with E-state index >= 15 is 0 Å². The molecule has 2 aliphatic heterocycles. The van der Waals surface area contributed by atoms with Gasteiger partial charge in [-0.1, -0.05) is 31.6 Å². The molecular weight excluding hydrogens is 509 g/mol. The number of halogens is 5. The number of aliphatic hydroxyl groups is 1. The Labute approximate surface area is 203 Å². The zero-order valence-corrected chi connectivity index (χ0v) is 20.6. The molecule has 12 heteroatoms. The third-order valence-corrected chi connectivity index (χ3v) is 10.1. The van der Waals surface area contributed by atoms with Gasteiger partial charge in [-0.2, -0.15) is 0 Å². The maximum Gasteiger partial charge on any atom is 0.310 e. The molecule has 3 heterocycles. The van der Waals surface area contributed by atoms with Gasteiger partial charge in [-0.15, -0.1) is 0 Å². The summed E-state index contributed by atoms with van der Waals surface area (Å²) < 4.78 is 77.7. The second-order valence-corrected chi connectivity index (χ2v) is 13.7. The maximum atomic E-state index is 13.0. The number of piperidine rings is 1. The van der Waals surface area contributed by atoms with Crippen LogP contribution in [0.2, 0.25) is 0 Å². The van der Waals surface area contributed by atoms with Gasteiger partial charge in [0.05, 0.1) is 39.2 Å². The molecule has 1 atom stereocenters. The van der Waals surface area contributed by atoms with Crippen LogP contribution in [0.3, 0.4) is 0 Å². The first-order chi connectivity index (χ1) is 16.3. The zero-order chi connectivity index (χ0) is 25.1. The van der Waals surface area contributed by atoms with Crippen molar-refractivity contribution in [2.24, 2.45) is 0 Å². The van der Waals surface area contributed by atoms with E-state index in [2.05, 4.69) is 10.2 Å². The van der Waals surface area contributed by atoms with Gasteiger partial charge in [-0.05, 0) is 55.7 Å². The highest BCUT2D eigenvalue weighted by Crippen LogP contribution is 3.02. The number of anilines is 2. The van der Waals surface area contributed by atoms with Crippen molar-refractivity contribution in [3.8, 4) is 0 Å². The Kier molecular flexibility index (Phi) is 5.51. The minimum absolute atomic E-state index is 0.00172. The number of aliphatic hydroxyl groups excluding tert-OH is 1. The SMILES string of the molecule is O=[S@@]1CCc2nc(N3CCC(c4ccc(S(F)(F)(F)(F)F)cc4)CC3)cc(NC3(CO)CCC3)c21. The van der Waals surface area contributed by atoms with Crippen molar-refractivity contribution in [3.05, 3.63) is 41.6 Å². The molecule has 5 rings (SSSR count). The molecule has 1 aromatic heterocycles. The van der Waals surface area contributed by atoms with Crippen LogP contribution < -0.4 is 10.2 Å². The van der Waals surface area contributed by atoms with Crippen molar-refractivity contribution in [2.45, 2.75) is 59.8 Å². The molecule has 1 aromatic carbocycles. The molecule has 2 aromatic rings. The maximum absolute atomic E-state index is 13.0. The lowest BCUT2D eigenvalue weighted by atomic mass is 9.77. The summed E-state index contributed by atoms with van der Waals surface area (Å²) in [5.74, 6) is 1.22. The first-order valence-electron chi connectivity index (χ1n) is 11.7. The molecule has 1 saturated carbocycles. The fraction of sp³-hybridized carbons (Fsp3) is 0.522. The summed E-state index contributed by atoms with van der Waals surface area (Å²) in [6, 6.07) is 5.18. The van der Waals surface area contributed by atoms with Crippen molar-refractivity contribution in [1.29, 1.82) is 0 Å². The molecule has 194 valence electrons. The Morgan fingerprint density at radius 2 is 1.77 bits per heavy atom. The Bertz CT molecular complexity index is 1160. The second kappa shape index (κ2) is 7.79. The fourth-order valence-electron chi connectivity index (χ4n) is 5.19. The lowest BCUT2D eigenvalue weighted by molar-refractivity contribution is 0.144. The van der Waals surface area contributed by atoms with E-state index in [9.17, 15) is 28.7 Å². The summed E-state index contributed by atoms with van der Waals surface area (Å²) in [6.45, 7) is 1.21. The Balaban J connectivity index is 1.32. The van der Waals surface area contributed by atoms with E-state index in [0.717, 1.165) is 48.6 Å². The highest BCUT2D eigenvalue weighted by atomic mass is 32.5. The van der Waals surface area contributed by atoms with Gasteiger partial charge >= 0.3 is 10.2 Å². The van der Waals surface area contributed by atoms with Crippen LogP contribution in [0.5, 0.6) is 0 Å². The van der Waals surface area contributed by atoms with Gasteiger partial charge in [0.2, 0.25) is 0 Å². The predicted octanol–water partition coefficient (Wildman–Crippen LogP) is 6.11. The molecule has 2 N–H and O–H groups in total. The Morgan fingerprint density at radius 1 is 1.11 bits per heavy atom. The van der Waals surface area contributed by atoms with E-state index in [0.29, 0.717) is 60.7 Å². The minimum atomic E-state index is -9.67. The Hall–Kier alpha value is -1.92. The summed E-state index contributed by atoms with van der Waals surface area (Å²) in [4.78, 5) is 5.71. The third-order valence-electron chi connectivity index (χ3n) is 7.41. The highest BCUT2D eigenvalue weighted by Gasteiger charge is 2.65. The van der Waals surface area contributed by atoms with Crippen LogP contribution in [-0.4, -0.2) is 45.3 Å². The van der Waals surface area contributed by atoms with Crippen molar-refractivity contribution in [2.75, 3.05) is 35.7 Å². The van der Waals surface area contributed by atoms with Crippen molar-refractivity contribution in [1.82, 2.24) is 4.98 Å². The molecule has 0 bridgehead atoms. The summed E-state index contributed by atoms with van der Waals surface area (Å²) in [7, 11) is -10.8. The molecule has 35 heavy (non-hydrogen) atoms. The van der Waals surface area contributed by atoms with Gasteiger partial charge in [0.25, 0.3) is 0 Å². The number of pyridine rings is 1. The normalized spacial score (nSPS) is 24.3. The highest BCUT2D eigenvalue weighted by molar-refractivity contribution is 8.45. The van der Waals surface area contributed by atoms with Crippen LogP contribution in [0, 0.1) is 0 Å². The number of aryl methyl sites for hydroxylation is 1. The number of nitrogens with one attached hydrogen (secondary N) is 1. The molecule has 3 aliphatic rings. The number of nitrogens with zero attached hydrogens (tertiary/aromatic N) is 2. The van der Waals surface area contributed by atoms with E-state index in [1.54, 1.807) is 0 Å². The van der Waals surface area contributed by atoms with E-state index in [1.165, 1.54) is 0 Å². The Morgan fingerprint density at radius 3 is 2.31 bits per heavy atom. The van der Waals surface area contributed by atoms with Gasteiger partial charge in [0.1, 0.15) is 10.7 Å². The van der Waals surface area contributed by atoms with E-state index in [-0.39, 0.29) is 12.5 Å². The van der Waals surface area contributed by atoms with Crippen LogP contribution >= 0.6 is 10.2 Å². The average molecular weight is 538 g/mol. The first kappa shape index (κ1) is 24.8. The summed E-state index contributed by atoms with van der Waals surface area (Å²) in [6.07, 6.45) is 4.61. The first-order valence-corrected chi connectivity index (χ1v) is 14.9. The molecule has 0 radical (unpaired) electrons. The largest absolute Gasteiger partial charge is 0.394 e. The monoisotopic (exact) mass is 537 g/mol.